The maximum atomic E-state index is 5.49. The van der Waals surface area contributed by atoms with Crippen LogP contribution in [0, 0.1) is 0 Å². The van der Waals surface area contributed by atoms with Gasteiger partial charge in [-0.2, -0.15) is 0 Å². The Balaban J connectivity index is 4.01. The van der Waals surface area contributed by atoms with Crippen LogP contribution in [0.1, 0.15) is 41.0 Å². The van der Waals surface area contributed by atoms with Crippen LogP contribution in [0.5, 0.6) is 0 Å². The largest absolute Gasteiger partial charge is 0.329 e. The molecule has 0 amide bonds. The molecule has 4 heteroatoms. The molecule has 0 spiro atoms. The Hall–Kier alpha value is -0.740. The lowest BCUT2D eigenvalue weighted by Crippen LogP contribution is -2.43. The van der Waals surface area contributed by atoms with E-state index >= 15 is 0 Å². The van der Waals surface area contributed by atoms with Gasteiger partial charge in [0, 0.05) is 36.5 Å². The summed E-state index contributed by atoms with van der Waals surface area (Å²) in [6, 6.07) is 0. The first-order valence-electron chi connectivity index (χ1n) is 6.30. The summed E-state index contributed by atoms with van der Waals surface area (Å²) in [5.74, 6) is 0. The van der Waals surface area contributed by atoms with Crippen molar-refractivity contribution in [3.05, 3.63) is 0 Å². The fourth-order valence-corrected chi connectivity index (χ4v) is 1.68. The Morgan fingerprint density at radius 3 is 2.24 bits per heavy atom. The van der Waals surface area contributed by atoms with Crippen LogP contribution < -0.4 is 11.1 Å². The van der Waals surface area contributed by atoms with E-state index in [4.69, 9.17) is 5.73 Å². The van der Waals surface area contributed by atoms with E-state index in [-0.39, 0.29) is 5.54 Å². The third-order valence-electron chi connectivity index (χ3n) is 2.36. The molecule has 3 N–H and O–H groups in total. The molecule has 0 aromatic carbocycles. The number of aliphatic imine (C=N–C) groups is 2. The second-order valence-electron chi connectivity index (χ2n) is 5.22. The van der Waals surface area contributed by atoms with Crippen molar-refractivity contribution in [2.24, 2.45) is 15.7 Å². The maximum Gasteiger partial charge on any atom is 0.0584 e. The third-order valence-corrected chi connectivity index (χ3v) is 2.36. The highest BCUT2D eigenvalue weighted by atomic mass is 15.0. The summed E-state index contributed by atoms with van der Waals surface area (Å²) in [5.41, 5.74) is 7.84. The van der Waals surface area contributed by atoms with Crippen molar-refractivity contribution in [3.63, 3.8) is 0 Å². The number of rotatable bonds is 8. The molecule has 0 fully saturated rings. The Labute approximate surface area is 106 Å². The minimum Gasteiger partial charge on any atom is -0.329 e. The van der Waals surface area contributed by atoms with Crippen molar-refractivity contribution in [2.45, 2.75) is 46.6 Å². The van der Waals surface area contributed by atoms with Crippen molar-refractivity contribution < 1.29 is 0 Å². The molecule has 4 nitrogen and oxygen atoms in total. The van der Waals surface area contributed by atoms with E-state index in [1.165, 1.54) is 5.71 Å². The highest BCUT2D eigenvalue weighted by molar-refractivity contribution is 5.83. The second-order valence-corrected chi connectivity index (χ2v) is 5.22. The summed E-state index contributed by atoms with van der Waals surface area (Å²) in [5, 5.41) is 3.41. The Morgan fingerprint density at radius 1 is 1.12 bits per heavy atom. The average molecular weight is 240 g/mol. The van der Waals surface area contributed by atoms with E-state index in [9.17, 15) is 0 Å². The SMILES string of the molecule is CC(C)=NCCN=C(C)CC(C)(C)NCCN. The van der Waals surface area contributed by atoms with Crippen LogP contribution >= 0.6 is 0 Å². The van der Waals surface area contributed by atoms with E-state index in [1.807, 2.05) is 13.8 Å². The molecule has 0 radical (unpaired) electrons. The van der Waals surface area contributed by atoms with Gasteiger partial charge < -0.3 is 11.1 Å². The summed E-state index contributed by atoms with van der Waals surface area (Å²) in [6.07, 6.45) is 0.946. The molecule has 100 valence electrons. The summed E-state index contributed by atoms with van der Waals surface area (Å²) < 4.78 is 0. The fraction of sp³-hybridized carbons (Fsp3) is 0.846. The lowest BCUT2D eigenvalue weighted by Gasteiger charge is -2.26. The molecule has 0 saturated heterocycles. The Morgan fingerprint density at radius 2 is 1.71 bits per heavy atom. The van der Waals surface area contributed by atoms with E-state index in [0.717, 1.165) is 31.8 Å². The van der Waals surface area contributed by atoms with Crippen LogP contribution in [0.2, 0.25) is 0 Å². The first-order valence-corrected chi connectivity index (χ1v) is 6.30. The van der Waals surface area contributed by atoms with Crippen molar-refractivity contribution in [1.82, 2.24) is 5.32 Å². The maximum absolute atomic E-state index is 5.49. The number of nitrogens with zero attached hydrogens (tertiary/aromatic N) is 2. The molecule has 0 aliphatic rings. The molecule has 0 rings (SSSR count). The molecular formula is C13H28N4. The van der Waals surface area contributed by atoms with Crippen LogP contribution in [0.4, 0.5) is 0 Å². The number of nitrogens with two attached hydrogens (primary N) is 1. The zero-order chi connectivity index (χ0) is 13.3. The van der Waals surface area contributed by atoms with Gasteiger partial charge in [0.05, 0.1) is 13.1 Å². The summed E-state index contributed by atoms with van der Waals surface area (Å²) in [4.78, 5) is 8.85. The standard InChI is InChI=1S/C13H28N4/c1-11(2)15-8-9-16-12(3)10-13(4,5)17-7-6-14/h17H,6-10,14H2,1-5H3. The molecule has 0 aromatic rings. The van der Waals surface area contributed by atoms with Gasteiger partial charge in [0.2, 0.25) is 0 Å². The third kappa shape index (κ3) is 10.1. The van der Waals surface area contributed by atoms with Crippen molar-refractivity contribution >= 4 is 11.4 Å². The van der Waals surface area contributed by atoms with Gasteiger partial charge in [-0.3, -0.25) is 9.98 Å². The fourth-order valence-electron chi connectivity index (χ4n) is 1.68. The average Bonchev–Trinajstić information content (AvgIpc) is 2.21. The highest BCUT2D eigenvalue weighted by Gasteiger charge is 2.17. The molecule has 0 atom stereocenters. The first-order chi connectivity index (χ1) is 7.87. The van der Waals surface area contributed by atoms with Gasteiger partial charge in [0.15, 0.2) is 0 Å². The normalized spacial score (nSPS) is 12.7. The summed E-state index contributed by atoms with van der Waals surface area (Å²) in [6.45, 7) is 13.5. The van der Waals surface area contributed by atoms with Gasteiger partial charge in [-0.15, -0.1) is 0 Å². The minimum absolute atomic E-state index is 0.0664. The molecule has 0 aromatic heterocycles. The lowest BCUT2D eigenvalue weighted by molar-refractivity contribution is 0.407. The van der Waals surface area contributed by atoms with Crippen molar-refractivity contribution in [3.8, 4) is 0 Å². The zero-order valence-corrected chi connectivity index (χ0v) is 12.0. The monoisotopic (exact) mass is 240 g/mol. The van der Waals surface area contributed by atoms with Crippen LogP contribution in [-0.2, 0) is 0 Å². The highest BCUT2D eigenvalue weighted by Crippen LogP contribution is 2.09. The van der Waals surface area contributed by atoms with Crippen LogP contribution in [-0.4, -0.2) is 43.1 Å². The number of hydrogen-bond donors (Lipinski definition) is 2. The quantitative estimate of drug-likeness (QED) is 0.500. The van der Waals surface area contributed by atoms with E-state index in [1.54, 1.807) is 0 Å². The topological polar surface area (TPSA) is 62.8 Å². The molecule has 0 aliphatic carbocycles. The smallest absolute Gasteiger partial charge is 0.0584 e. The zero-order valence-electron chi connectivity index (χ0n) is 12.0. The van der Waals surface area contributed by atoms with E-state index < -0.39 is 0 Å². The Bertz CT molecular complexity index is 263. The van der Waals surface area contributed by atoms with Gasteiger partial charge >= 0.3 is 0 Å². The Kier molecular flexibility index (Phi) is 8.00. The van der Waals surface area contributed by atoms with E-state index in [2.05, 4.69) is 36.1 Å². The molecule has 0 aliphatic heterocycles. The predicted octanol–water partition coefficient (Wildman–Crippen LogP) is 1.65. The molecular weight excluding hydrogens is 212 g/mol. The second kappa shape index (κ2) is 8.37. The van der Waals surface area contributed by atoms with Crippen LogP contribution in [0.3, 0.4) is 0 Å². The summed E-state index contributed by atoms with van der Waals surface area (Å²) >= 11 is 0. The molecule has 0 unspecified atom stereocenters. The summed E-state index contributed by atoms with van der Waals surface area (Å²) in [7, 11) is 0. The van der Waals surface area contributed by atoms with Crippen molar-refractivity contribution in [2.75, 3.05) is 26.2 Å². The molecule has 0 saturated carbocycles. The number of nitrogens with one attached hydrogen (secondary N) is 1. The van der Waals surface area contributed by atoms with Gasteiger partial charge in [-0.25, -0.2) is 0 Å². The lowest BCUT2D eigenvalue weighted by atomic mass is 9.98. The van der Waals surface area contributed by atoms with Gasteiger partial charge in [-0.05, 0) is 34.6 Å². The van der Waals surface area contributed by atoms with Crippen LogP contribution in [0.15, 0.2) is 9.98 Å². The van der Waals surface area contributed by atoms with E-state index in [0.29, 0.717) is 6.54 Å². The molecule has 0 heterocycles. The molecule has 17 heavy (non-hydrogen) atoms. The molecule has 0 bridgehead atoms. The predicted molar refractivity (Wildman–Crippen MR) is 77.4 cm³/mol. The van der Waals surface area contributed by atoms with Crippen LogP contribution in [0.25, 0.3) is 0 Å². The van der Waals surface area contributed by atoms with Gasteiger partial charge in [0.1, 0.15) is 0 Å². The first kappa shape index (κ1) is 16.3. The van der Waals surface area contributed by atoms with Gasteiger partial charge in [-0.1, -0.05) is 0 Å². The minimum atomic E-state index is 0.0664. The van der Waals surface area contributed by atoms with Gasteiger partial charge in [0.25, 0.3) is 0 Å². The number of hydrogen-bond acceptors (Lipinski definition) is 4. The van der Waals surface area contributed by atoms with Crippen molar-refractivity contribution in [1.29, 1.82) is 0 Å².